The molecule has 2 aliphatic rings. The van der Waals surface area contributed by atoms with Gasteiger partial charge >= 0.3 is 0 Å². The lowest BCUT2D eigenvalue weighted by Gasteiger charge is -2.31. The van der Waals surface area contributed by atoms with E-state index in [9.17, 15) is 0 Å². The van der Waals surface area contributed by atoms with E-state index >= 15 is 0 Å². The summed E-state index contributed by atoms with van der Waals surface area (Å²) in [5.41, 5.74) is 0.592. The van der Waals surface area contributed by atoms with Crippen LogP contribution >= 0.6 is 0 Å². The van der Waals surface area contributed by atoms with Gasteiger partial charge in [0.25, 0.3) is 0 Å². The Kier molecular flexibility index (Phi) is 3.12. The Hall–Kier alpha value is -0.0400. The van der Waals surface area contributed by atoms with Gasteiger partial charge in [0.1, 0.15) is 0 Å². The number of nitrogens with one attached hydrogen (secondary N) is 1. The van der Waals surface area contributed by atoms with E-state index in [-0.39, 0.29) is 0 Å². The second kappa shape index (κ2) is 4.08. The van der Waals surface area contributed by atoms with Gasteiger partial charge in [-0.05, 0) is 49.4 Å². The first kappa shape index (κ1) is 11.4. The summed E-state index contributed by atoms with van der Waals surface area (Å²) in [5.74, 6) is 1.89. The van der Waals surface area contributed by atoms with Gasteiger partial charge in [-0.15, -0.1) is 0 Å². The highest BCUT2D eigenvalue weighted by molar-refractivity contribution is 5.03. The zero-order valence-corrected chi connectivity index (χ0v) is 10.8. The zero-order chi connectivity index (χ0) is 11.1. The van der Waals surface area contributed by atoms with Gasteiger partial charge in [-0.2, -0.15) is 0 Å². The van der Waals surface area contributed by atoms with Crippen molar-refractivity contribution < 1.29 is 0 Å². The maximum atomic E-state index is 3.84. The quantitative estimate of drug-likeness (QED) is 0.749. The first-order valence-electron chi connectivity index (χ1n) is 6.75. The van der Waals surface area contributed by atoms with Crippen LogP contribution in [0.3, 0.4) is 0 Å². The van der Waals surface area contributed by atoms with E-state index in [1.165, 1.54) is 32.1 Å². The molecular formula is C14H27N. The first-order valence-corrected chi connectivity index (χ1v) is 6.75. The topological polar surface area (TPSA) is 12.0 Å². The van der Waals surface area contributed by atoms with Crippen molar-refractivity contribution in [1.82, 2.24) is 5.32 Å². The molecule has 1 heteroatoms. The van der Waals surface area contributed by atoms with Gasteiger partial charge in [0.15, 0.2) is 0 Å². The number of hydrogen-bond acceptors (Lipinski definition) is 1. The lowest BCUT2D eigenvalue weighted by Crippen LogP contribution is -2.37. The molecule has 0 aliphatic heterocycles. The van der Waals surface area contributed by atoms with Crippen molar-refractivity contribution in [1.29, 1.82) is 0 Å². The van der Waals surface area contributed by atoms with Crippen molar-refractivity contribution in [2.75, 3.05) is 0 Å². The van der Waals surface area contributed by atoms with Gasteiger partial charge in [-0.3, -0.25) is 0 Å². The van der Waals surface area contributed by atoms with Gasteiger partial charge in [-0.25, -0.2) is 0 Å². The van der Waals surface area contributed by atoms with Crippen LogP contribution in [0.15, 0.2) is 0 Å². The normalized spacial score (nSPS) is 39.4. The molecule has 15 heavy (non-hydrogen) atoms. The fraction of sp³-hybridized carbons (Fsp3) is 1.00. The standard InChI is InChI=1S/C14H27N/c1-10(2)11-5-7-12(8-6-11)15-13-9-14(13,3)4/h10-13,15H,5-9H2,1-4H3. The molecule has 2 saturated carbocycles. The molecular weight excluding hydrogens is 182 g/mol. The van der Waals surface area contributed by atoms with Crippen LogP contribution in [0, 0.1) is 17.3 Å². The molecule has 0 heterocycles. The van der Waals surface area contributed by atoms with E-state index in [0.29, 0.717) is 5.41 Å². The summed E-state index contributed by atoms with van der Waals surface area (Å²) < 4.78 is 0. The van der Waals surface area contributed by atoms with E-state index in [4.69, 9.17) is 0 Å². The molecule has 0 aromatic rings. The smallest absolute Gasteiger partial charge is 0.0127 e. The Bertz CT molecular complexity index is 211. The van der Waals surface area contributed by atoms with Crippen molar-refractivity contribution >= 4 is 0 Å². The van der Waals surface area contributed by atoms with E-state index < -0.39 is 0 Å². The summed E-state index contributed by atoms with van der Waals surface area (Å²) >= 11 is 0. The Morgan fingerprint density at radius 1 is 1.07 bits per heavy atom. The van der Waals surface area contributed by atoms with Crippen LogP contribution in [-0.4, -0.2) is 12.1 Å². The molecule has 0 saturated heterocycles. The molecule has 0 amide bonds. The summed E-state index contributed by atoms with van der Waals surface area (Å²) in [6.07, 6.45) is 7.10. The minimum atomic E-state index is 0.592. The van der Waals surface area contributed by atoms with Crippen LogP contribution in [0.4, 0.5) is 0 Å². The summed E-state index contributed by atoms with van der Waals surface area (Å²) in [5, 5.41) is 3.84. The molecule has 2 rings (SSSR count). The molecule has 1 unspecified atom stereocenters. The van der Waals surface area contributed by atoms with Crippen LogP contribution < -0.4 is 5.32 Å². The highest BCUT2D eigenvalue weighted by Gasteiger charge is 2.46. The lowest BCUT2D eigenvalue weighted by atomic mass is 9.79. The molecule has 0 aromatic carbocycles. The van der Waals surface area contributed by atoms with E-state index in [1.807, 2.05) is 0 Å². The third-order valence-corrected chi connectivity index (χ3v) is 4.66. The second-order valence-electron chi connectivity index (χ2n) is 6.77. The lowest BCUT2D eigenvalue weighted by molar-refractivity contribution is 0.234. The average Bonchev–Trinajstić information content (AvgIpc) is 2.74. The van der Waals surface area contributed by atoms with Gasteiger partial charge < -0.3 is 5.32 Å². The van der Waals surface area contributed by atoms with Crippen LogP contribution in [0.1, 0.15) is 59.8 Å². The zero-order valence-electron chi connectivity index (χ0n) is 10.8. The molecule has 0 bridgehead atoms. The van der Waals surface area contributed by atoms with Crippen molar-refractivity contribution in [3.63, 3.8) is 0 Å². The third-order valence-electron chi connectivity index (χ3n) is 4.66. The van der Waals surface area contributed by atoms with E-state index in [1.54, 1.807) is 0 Å². The SMILES string of the molecule is CC(C)C1CCC(NC2CC2(C)C)CC1. The maximum absolute atomic E-state index is 3.84. The first-order chi connectivity index (χ1) is 6.99. The summed E-state index contributed by atoms with van der Waals surface area (Å²) in [6.45, 7) is 9.51. The van der Waals surface area contributed by atoms with Crippen molar-refractivity contribution in [3.8, 4) is 0 Å². The van der Waals surface area contributed by atoms with Crippen LogP contribution in [0.25, 0.3) is 0 Å². The molecule has 1 N–H and O–H groups in total. The van der Waals surface area contributed by atoms with E-state index in [2.05, 4.69) is 33.0 Å². The Labute approximate surface area is 95.0 Å². The third kappa shape index (κ3) is 2.75. The average molecular weight is 209 g/mol. The summed E-state index contributed by atoms with van der Waals surface area (Å²) in [6, 6.07) is 1.64. The van der Waals surface area contributed by atoms with Crippen LogP contribution in [-0.2, 0) is 0 Å². The number of hydrogen-bond donors (Lipinski definition) is 1. The largest absolute Gasteiger partial charge is 0.311 e. The molecule has 0 spiro atoms. The van der Waals surface area contributed by atoms with Crippen molar-refractivity contribution in [2.45, 2.75) is 71.9 Å². The van der Waals surface area contributed by atoms with Gasteiger partial charge in [-0.1, -0.05) is 27.7 Å². The fourth-order valence-electron chi connectivity index (χ4n) is 2.99. The van der Waals surface area contributed by atoms with Crippen molar-refractivity contribution in [3.05, 3.63) is 0 Å². The summed E-state index contributed by atoms with van der Waals surface area (Å²) in [4.78, 5) is 0. The van der Waals surface area contributed by atoms with Gasteiger partial charge in [0, 0.05) is 12.1 Å². The van der Waals surface area contributed by atoms with E-state index in [0.717, 1.165) is 23.9 Å². The highest BCUT2D eigenvalue weighted by atomic mass is 15.0. The highest BCUT2D eigenvalue weighted by Crippen LogP contribution is 2.45. The predicted octanol–water partition coefficient (Wildman–Crippen LogP) is 3.59. The maximum Gasteiger partial charge on any atom is 0.0127 e. The molecule has 2 aliphatic carbocycles. The van der Waals surface area contributed by atoms with Crippen LogP contribution in [0.2, 0.25) is 0 Å². The molecule has 0 radical (unpaired) electrons. The molecule has 2 fully saturated rings. The molecule has 88 valence electrons. The second-order valence-corrected chi connectivity index (χ2v) is 6.77. The minimum Gasteiger partial charge on any atom is -0.311 e. The summed E-state index contributed by atoms with van der Waals surface area (Å²) in [7, 11) is 0. The molecule has 1 nitrogen and oxygen atoms in total. The Balaban J connectivity index is 1.70. The van der Waals surface area contributed by atoms with Gasteiger partial charge in [0.05, 0.1) is 0 Å². The monoisotopic (exact) mass is 209 g/mol. The van der Waals surface area contributed by atoms with Crippen molar-refractivity contribution in [2.24, 2.45) is 17.3 Å². The molecule has 1 atom stereocenters. The predicted molar refractivity (Wildman–Crippen MR) is 65.9 cm³/mol. The Morgan fingerprint density at radius 3 is 2.00 bits per heavy atom. The minimum absolute atomic E-state index is 0.592. The Morgan fingerprint density at radius 2 is 1.60 bits per heavy atom. The number of rotatable bonds is 3. The molecule has 0 aromatic heterocycles. The van der Waals surface area contributed by atoms with Gasteiger partial charge in [0.2, 0.25) is 0 Å². The fourth-order valence-corrected chi connectivity index (χ4v) is 2.99. The van der Waals surface area contributed by atoms with Crippen LogP contribution in [0.5, 0.6) is 0 Å².